The molecule has 0 bridgehead atoms. The minimum atomic E-state index is -0.534. The van der Waals surface area contributed by atoms with Crippen LogP contribution in [0.5, 0.6) is 0 Å². The molecule has 1 aliphatic rings. The number of halogens is 1. The Labute approximate surface area is 140 Å². The third-order valence-electron chi connectivity index (χ3n) is 4.14. The van der Waals surface area contributed by atoms with Crippen LogP contribution < -0.4 is 0 Å². The van der Waals surface area contributed by atoms with Crippen molar-refractivity contribution in [1.29, 1.82) is 0 Å². The van der Waals surface area contributed by atoms with E-state index >= 15 is 0 Å². The topological polar surface area (TPSA) is 52.6 Å². The summed E-state index contributed by atoms with van der Waals surface area (Å²) >= 11 is 1.87. The Hall–Kier alpha value is -0.850. The molecule has 118 valence electrons. The molecule has 0 saturated carbocycles. The van der Waals surface area contributed by atoms with E-state index in [4.69, 9.17) is 9.47 Å². The van der Waals surface area contributed by atoms with Crippen molar-refractivity contribution in [3.05, 3.63) is 20.3 Å². The van der Waals surface area contributed by atoms with Gasteiger partial charge in [-0.2, -0.15) is 0 Å². The maximum absolute atomic E-state index is 12.5. The molecule has 0 aliphatic carbocycles. The predicted molar refractivity (Wildman–Crippen MR) is 90.1 cm³/mol. The van der Waals surface area contributed by atoms with E-state index in [2.05, 4.69) is 6.92 Å². The Morgan fingerprint density at radius 3 is 2.14 bits per heavy atom. The van der Waals surface area contributed by atoms with Gasteiger partial charge < -0.3 is 9.47 Å². The molecule has 0 aromatic heterocycles. The number of rotatable bonds is 5. The van der Waals surface area contributed by atoms with Crippen LogP contribution in [0.25, 0.3) is 0 Å². The molecule has 0 atom stereocenters. The van der Waals surface area contributed by atoms with Crippen LogP contribution >= 0.6 is 22.6 Å². The van der Waals surface area contributed by atoms with E-state index in [1.165, 1.54) is 7.11 Å². The van der Waals surface area contributed by atoms with E-state index in [0.29, 0.717) is 15.6 Å². The van der Waals surface area contributed by atoms with Crippen LogP contribution in [-0.4, -0.2) is 24.6 Å². The molecular formula is C16H23IO4. The molecule has 0 saturated heterocycles. The third kappa shape index (κ3) is 3.17. The van der Waals surface area contributed by atoms with Crippen molar-refractivity contribution in [2.75, 3.05) is 7.11 Å². The minimum absolute atomic E-state index is 0.295. The molecule has 0 N–H and O–H groups in total. The SMILES string of the molecule is CCC1=C(CC)C(CC)(CC)OC(=O)/C1=C(/I)C(=O)OC. The number of hydrogen-bond acceptors (Lipinski definition) is 4. The molecule has 0 unspecified atom stereocenters. The largest absolute Gasteiger partial charge is 0.465 e. The van der Waals surface area contributed by atoms with Crippen molar-refractivity contribution in [3.8, 4) is 0 Å². The fourth-order valence-corrected chi connectivity index (χ4v) is 3.77. The first-order valence-electron chi connectivity index (χ1n) is 7.36. The number of carbonyl (C=O) groups excluding carboxylic acids is 2. The van der Waals surface area contributed by atoms with E-state index in [0.717, 1.165) is 30.4 Å². The zero-order valence-corrected chi connectivity index (χ0v) is 15.5. The average molecular weight is 406 g/mol. The smallest absolute Gasteiger partial charge is 0.344 e. The summed E-state index contributed by atoms with van der Waals surface area (Å²) in [7, 11) is 1.31. The summed E-state index contributed by atoms with van der Waals surface area (Å²) in [5.41, 5.74) is 1.91. The molecule has 21 heavy (non-hydrogen) atoms. The highest BCUT2D eigenvalue weighted by Gasteiger charge is 2.43. The molecule has 0 amide bonds. The quantitative estimate of drug-likeness (QED) is 0.392. The van der Waals surface area contributed by atoms with Crippen LogP contribution in [0.1, 0.15) is 53.4 Å². The van der Waals surface area contributed by atoms with Gasteiger partial charge in [-0.15, -0.1) is 0 Å². The highest BCUT2D eigenvalue weighted by molar-refractivity contribution is 14.1. The lowest BCUT2D eigenvalue weighted by Crippen LogP contribution is -2.41. The van der Waals surface area contributed by atoms with Gasteiger partial charge in [-0.1, -0.05) is 27.7 Å². The molecule has 0 radical (unpaired) electrons. The van der Waals surface area contributed by atoms with Crippen molar-refractivity contribution in [2.24, 2.45) is 0 Å². The first kappa shape index (κ1) is 18.2. The van der Waals surface area contributed by atoms with Gasteiger partial charge in [-0.3, -0.25) is 0 Å². The fraction of sp³-hybridized carbons (Fsp3) is 0.625. The van der Waals surface area contributed by atoms with Crippen LogP contribution in [0.4, 0.5) is 0 Å². The fourth-order valence-electron chi connectivity index (χ4n) is 3.00. The molecule has 0 aromatic rings. The lowest BCUT2D eigenvalue weighted by Gasteiger charge is -2.40. The summed E-state index contributed by atoms with van der Waals surface area (Å²) in [6.45, 7) is 8.12. The highest BCUT2D eigenvalue weighted by atomic mass is 127. The normalized spacial score (nSPS) is 20.2. The standard InChI is InChI=1S/C16H23IO4/c1-6-10-11(7-2)16(8-3,9-4)21-14(18)12(10)13(17)15(19)20-5/h6-9H2,1-5H3/b13-12+. The first-order valence-corrected chi connectivity index (χ1v) is 8.44. The molecule has 5 heteroatoms. The minimum Gasteiger partial charge on any atom is -0.465 e. The summed E-state index contributed by atoms with van der Waals surface area (Å²) in [5, 5.41) is 0. The van der Waals surface area contributed by atoms with Gasteiger partial charge >= 0.3 is 11.9 Å². The van der Waals surface area contributed by atoms with Gasteiger partial charge in [-0.05, 0) is 59.4 Å². The van der Waals surface area contributed by atoms with Crippen LogP contribution in [0.3, 0.4) is 0 Å². The Bertz CT molecular complexity index is 498. The number of ether oxygens (including phenoxy) is 2. The second kappa shape index (κ2) is 7.42. The zero-order chi connectivity index (χ0) is 16.2. The maximum Gasteiger partial charge on any atom is 0.344 e. The Morgan fingerprint density at radius 2 is 1.76 bits per heavy atom. The summed E-state index contributed by atoms with van der Waals surface area (Å²) in [6.07, 6.45) is 2.97. The van der Waals surface area contributed by atoms with E-state index in [9.17, 15) is 9.59 Å². The highest BCUT2D eigenvalue weighted by Crippen LogP contribution is 2.43. The first-order chi connectivity index (χ1) is 9.92. The molecule has 1 heterocycles. The van der Waals surface area contributed by atoms with Gasteiger partial charge in [0.15, 0.2) is 0 Å². The van der Waals surface area contributed by atoms with Gasteiger partial charge in [0, 0.05) is 0 Å². The van der Waals surface area contributed by atoms with Crippen molar-refractivity contribution in [2.45, 2.75) is 59.0 Å². The third-order valence-corrected chi connectivity index (χ3v) is 5.12. The van der Waals surface area contributed by atoms with Gasteiger partial charge in [0.05, 0.1) is 12.7 Å². The van der Waals surface area contributed by atoms with Gasteiger partial charge in [0.2, 0.25) is 0 Å². The van der Waals surface area contributed by atoms with Crippen molar-refractivity contribution < 1.29 is 19.1 Å². The molecule has 1 aliphatic heterocycles. The number of methoxy groups -OCH3 is 1. The number of hydrogen-bond donors (Lipinski definition) is 0. The Morgan fingerprint density at radius 1 is 1.19 bits per heavy atom. The van der Waals surface area contributed by atoms with E-state index in [1.807, 2.05) is 43.4 Å². The molecular weight excluding hydrogens is 383 g/mol. The second-order valence-electron chi connectivity index (χ2n) is 4.94. The van der Waals surface area contributed by atoms with Gasteiger partial charge in [-0.25, -0.2) is 9.59 Å². The predicted octanol–water partition coefficient (Wildman–Crippen LogP) is 4.08. The Kier molecular flexibility index (Phi) is 6.43. The van der Waals surface area contributed by atoms with Crippen LogP contribution in [-0.2, 0) is 19.1 Å². The van der Waals surface area contributed by atoms with Crippen LogP contribution in [0, 0.1) is 0 Å². The summed E-state index contributed by atoms with van der Waals surface area (Å²) in [6, 6.07) is 0. The lowest BCUT2D eigenvalue weighted by molar-refractivity contribution is -0.154. The van der Waals surface area contributed by atoms with Crippen molar-refractivity contribution >= 4 is 34.5 Å². The molecule has 0 aromatic carbocycles. The maximum atomic E-state index is 12.5. The van der Waals surface area contributed by atoms with Crippen molar-refractivity contribution in [3.63, 3.8) is 0 Å². The lowest BCUT2D eigenvalue weighted by atomic mass is 9.78. The number of cyclic esters (lactones) is 1. The number of esters is 2. The van der Waals surface area contributed by atoms with Crippen molar-refractivity contribution in [1.82, 2.24) is 0 Å². The van der Waals surface area contributed by atoms with E-state index < -0.39 is 17.5 Å². The van der Waals surface area contributed by atoms with Crippen LogP contribution in [0.15, 0.2) is 20.3 Å². The number of carbonyl (C=O) groups is 2. The average Bonchev–Trinajstić information content (AvgIpc) is 2.51. The van der Waals surface area contributed by atoms with E-state index in [-0.39, 0.29) is 0 Å². The molecule has 0 spiro atoms. The summed E-state index contributed by atoms with van der Waals surface area (Å²) in [5.74, 6) is -0.910. The van der Waals surface area contributed by atoms with Crippen LogP contribution in [0.2, 0.25) is 0 Å². The second-order valence-corrected chi connectivity index (χ2v) is 6.01. The molecule has 4 nitrogen and oxygen atoms in total. The summed E-state index contributed by atoms with van der Waals surface area (Å²) < 4.78 is 10.8. The van der Waals surface area contributed by atoms with Gasteiger partial charge in [0.25, 0.3) is 0 Å². The summed E-state index contributed by atoms with van der Waals surface area (Å²) in [4.78, 5) is 24.3. The molecule has 1 rings (SSSR count). The monoisotopic (exact) mass is 406 g/mol. The Balaban J connectivity index is 3.64. The molecule has 0 fully saturated rings. The van der Waals surface area contributed by atoms with Gasteiger partial charge in [0.1, 0.15) is 9.18 Å². The zero-order valence-electron chi connectivity index (χ0n) is 13.3. The van der Waals surface area contributed by atoms with E-state index in [1.54, 1.807) is 0 Å².